The molecule has 0 unspecified atom stereocenters. The molecular weight excluding hydrogens is 260 g/mol. The largest absolute Gasteiger partial charge is 0.456 e. The second-order valence-electron chi connectivity index (χ2n) is 4.46. The number of carbonyl (C=O) groups is 1. The Morgan fingerprint density at radius 3 is 2.74 bits per heavy atom. The molecule has 3 rings (SSSR count). The Labute approximate surface area is 115 Å². The van der Waals surface area contributed by atoms with E-state index in [4.69, 9.17) is 16.0 Å². The van der Waals surface area contributed by atoms with Gasteiger partial charge in [-0.1, -0.05) is 29.8 Å². The van der Waals surface area contributed by atoms with Crippen molar-refractivity contribution in [2.24, 2.45) is 0 Å². The number of rotatable bonds is 2. The molecule has 1 aromatic heterocycles. The zero-order chi connectivity index (χ0) is 13.4. The lowest BCUT2D eigenvalue weighted by Crippen LogP contribution is -1.83. The molecule has 19 heavy (non-hydrogen) atoms. The van der Waals surface area contributed by atoms with Crippen molar-refractivity contribution in [1.82, 2.24) is 0 Å². The zero-order valence-electron chi connectivity index (χ0n) is 10.3. The molecule has 2 aromatic carbocycles. The summed E-state index contributed by atoms with van der Waals surface area (Å²) in [6.45, 7) is 2.01. The van der Waals surface area contributed by atoms with Crippen molar-refractivity contribution >= 4 is 28.9 Å². The van der Waals surface area contributed by atoms with Gasteiger partial charge < -0.3 is 4.42 Å². The first-order chi connectivity index (χ1) is 9.19. The molecule has 94 valence electrons. The number of carbonyl (C=O) groups excluding carboxylic acids is 1. The zero-order valence-corrected chi connectivity index (χ0v) is 11.1. The summed E-state index contributed by atoms with van der Waals surface area (Å²) in [7, 11) is 0. The van der Waals surface area contributed by atoms with Crippen LogP contribution in [0.15, 0.2) is 46.9 Å². The molecule has 0 aliphatic heterocycles. The number of furan rings is 1. The lowest BCUT2D eigenvalue weighted by molar-refractivity contribution is 0.112. The van der Waals surface area contributed by atoms with Crippen LogP contribution in [0, 0.1) is 6.92 Å². The van der Waals surface area contributed by atoms with Crippen LogP contribution >= 0.6 is 11.6 Å². The Morgan fingerprint density at radius 2 is 2.00 bits per heavy atom. The molecule has 0 saturated heterocycles. The van der Waals surface area contributed by atoms with Crippen molar-refractivity contribution in [3.05, 3.63) is 58.6 Å². The molecule has 0 aliphatic rings. The van der Waals surface area contributed by atoms with Crippen LogP contribution in [0.25, 0.3) is 22.3 Å². The van der Waals surface area contributed by atoms with Gasteiger partial charge in [-0.05, 0) is 36.8 Å². The Kier molecular flexibility index (Phi) is 2.88. The fourth-order valence-electron chi connectivity index (χ4n) is 2.14. The Balaban J connectivity index is 2.19. The van der Waals surface area contributed by atoms with Gasteiger partial charge in [-0.2, -0.15) is 0 Å². The molecule has 0 aliphatic carbocycles. The standard InChI is InChI=1S/C16H11ClO2/c1-10-3-2-4-12-8-15(19-16(10)12)11-5-6-14(17)13(7-11)9-18/h2-9H,1H3. The van der Waals surface area contributed by atoms with Gasteiger partial charge in [-0.25, -0.2) is 0 Å². The lowest BCUT2D eigenvalue weighted by Gasteiger charge is -2.00. The maximum absolute atomic E-state index is 10.9. The van der Waals surface area contributed by atoms with Crippen LogP contribution in [0.3, 0.4) is 0 Å². The number of benzene rings is 2. The number of halogens is 1. The maximum atomic E-state index is 10.9. The molecule has 0 bridgehead atoms. The molecule has 0 fully saturated rings. The van der Waals surface area contributed by atoms with Crippen molar-refractivity contribution in [2.45, 2.75) is 6.92 Å². The minimum absolute atomic E-state index is 0.450. The van der Waals surface area contributed by atoms with Crippen LogP contribution in [0.2, 0.25) is 5.02 Å². The van der Waals surface area contributed by atoms with E-state index >= 15 is 0 Å². The van der Waals surface area contributed by atoms with Crippen molar-refractivity contribution in [3.63, 3.8) is 0 Å². The van der Waals surface area contributed by atoms with Crippen LogP contribution in [-0.2, 0) is 0 Å². The molecule has 0 saturated carbocycles. The number of aryl methyl sites for hydroxylation is 1. The van der Waals surface area contributed by atoms with E-state index in [0.717, 1.165) is 34.1 Å². The first kappa shape index (κ1) is 12.0. The quantitative estimate of drug-likeness (QED) is 0.622. The first-order valence-corrected chi connectivity index (χ1v) is 6.31. The van der Waals surface area contributed by atoms with E-state index in [0.29, 0.717) is 10.6 Å². The van der Waals surface area contributed by atoms with Crippen molar-refractivity contribution in [2.75, 3.05) is 0 Å². The van der Waals surface area contributed by atoms with Crippen LogP contribution in [0.1, 0.15) is 15.9 Å². The van der Waals surface area contributed by atoms with E-state index < -0.39 is 0 Å². The highest BCUT2D eigenvalue weighted by atomic mass is 35.5. The molecule has 1 heterocycles. The average Bonchev–Trinajstić information content (AvgIpc) is 2.85. The molecule has 3 heteroatoms. The molecule has 0 amide bonds. The predicted octanol–water partition coefficient (Wildman–Crippen LogP) is 4.87. The summed E-state index contributed by atoms with van der Waals surface area (Å²) in [4.78, 5) is 10.9. The van der Waals surface area contributed by atoms with Gasteiger partial charge in [0.2, 0.25) is 0 Å². The maximum Gasteiger partial charge on any atom is 0.151 e. The van der Waals surface area contributed by atoms with Gasteiger partial charge in [-0.3, -0.25) is 4.79 Å². The summed E-state index contributed by atoms with van der Waals surface area (Å²) in [5.41, 5.74) is 3.28. The molecule has 3 aromatic rings. The summed E-state index contributed by atoms with van der Waals surface area (Å²) < 4.78 is 5.87. The number of aldehydes is 1. The normalized spacial score (nSPS) is 10.8. The fourth-order valence-corrected chi connectivity index (χ4v) is 2.30. The number of fused-ring (bicyclic) bond motifs is 1. The Bertz CT molecular complexity index is 772. The molecular formula is C16H11ClO2. The van der Waals surface area contributed by atoms with E-state index in [-0.39, 0.29) is 0 Å². The third-order valence-electron chi connectivity index (χ3n) is 3.15. The van der Waals surface area contributed by atoms with Crippen LogP contribution < -0.4 is 0 Å². The van der Waals surface area contributed by atoms with Gasteiger partial charge in [0.05, 0.1) is 5.02 Å². The van der Waals surface area contributed by atoms with Gasteiger partial charge in [-0.15, -0.1) is 0 Å². The third kappa shape index (κ3) is 2.04. The minimum Gasteiger partial charge on any atom is -0.456 e. The van der Waals surface area contributed by atoms with Gasteiger partial charge in [0.1, 0.15) is 11.3 Å². The predicted molar refractivity (Wildman–Crippen MR) is 76.8 cm³/mol. The van der Waals surface area contributed by atoms with Crippen molar-refractivity contribution in [3.8, 4) is 11.3 Å². The van der Waals surface area contributed by atoms with E-state index in [1.165, 1.54) is 0 Å². The van der Waals surface area contributed by atoms with E-state index in [9.17, 15) is 4.79 Å². The monoisotopic (exact) mass is 270 g/mol. The van der Waals surface area contributed by atoms with Crippen molar-refractivity contribution in [1.29, 1.82) is 0 Å². The molecule has 0 spiro atoms. The van der Waals surface area contributed by atoms with Gasteiger partial charge in [0.15, 0.2) is 6.29 Å². The van der Waals surface area contributed by atoms with E-state index in [1.54, 1.807) is 12.1 Å². The summed E-state index contributed by atoms with van der Waals surface area (Å²) >= 11 is 5.93. The third-order valence-corrected chi connectivity index (χ3v) is 3.49. The molecule has 0 N–H and O–H groups in total. The van der Waals surface area contributed by atoms with Crippen molar-refractivity contribution < 1.29 is 9.21 Å². The minimum atomic E-state index is 0.450. The van der Waals surface area contributed by atoms with Crippen LogP contribution in [0.5, 0.6) is 0 Å². The topological polar surface area (TPSA) is 30.2 Å². The second-order valence-corrected chi connectivity index (χ2v) is 4.87. The smallest absolute Gasteiger partial charge is 0.151 e. The summed E-state index contributed by atoms with van der Waals surface area (Å²) in [5.74, 6) is 0.740. The van der Waals surface area contributed by atoms with Crippen LogP contribution in [-0.4, -0.2) is 6.29 Å². The Morgan fingerprint density at radius 1 is 1.16 bits per heavy atom. The lowest BCUT2D eigenvalue weighted by atomic mass is 10.1. The van der Waals surface area contributed by atoms with E-state index in [1.807, 2.05) is 37.3 Å². The van der Waals surface area contributed by atoms with Gasteiger partial charge >= 0.3 is 0 Å². The molecule has 2 nitrogen and oxygen atoms in total. The SMILES string of the molecule is Cc1cccc2cc(-c3ccc(Cl)c(C=O)c3)oc12. The molecule has 0 radical (unpaired) electrons. The van der Waals surface area contributed by atoms with E-state index in [2.05, 4.69) is 0 Å². The summed E-state index contributed by atoms with van der Waals surface area (Å²) in [6, 6.07) is 13.3. The number of para-hydroxylation sites is 1. The summed E-state index contributed by atoms with van der Waals surface area (Å²) in [5, 5.41) is 1.50. The Hall–Kier alpha value is -2.06. The summed E-state index contributed by atoms with van der Waals surface area (Å²) in [6.07, 6.45) is 0.750. The highest BCUT2D eigenvalue weighted by Gasteiger charge is 2.09. The fraction of sp³-hybridized carbons (Fsp3) is 0.0625. The number of hydrogen-bond acceptors (Lipinski definition) is 2. The van der Waals surface area contributed by atoms with Gasteiger partial charge in [0.25, 0.3) is 0 Å². The average molecular weight is 271 g/mol. The van der Waals surface area contributed by atoms with Gasteiger partial charge in [0, 0.05) is 16.5 Å². The molecule has 0 atom stereocenters. The van der Waals surface area contributed by atoms with Crippen LogP contribution in [0.4, 0.5) is 0 Å². The first-order valence-electron chi connectivity index (χ1n) is 5.93. The number of hydrogen-bond donors (Lipinski definition) is 0. The highest BCUT2D eigenvalue weighted by molar-refractivity contribution is 6.33. The second kappa shape index (κ2) is 4.56. The highest BCUT2D eigenvalue weighted by Crippen LogP contribution is 2.31.